The lowest BCUT2D eigenvalue weighted by atomic mass is 10.2. The number of nitrogens with zero attached hydrogens (tertiary/aromatic N) is 6. The lowest BCUT2D eigenvalue weighted by Crippen LogP contribution is -2.52. The third kappa shape index (κ3) is 4.12. The average Bonchev–Trinajstić information content (AvgIpc) is 3.12. The summed E-state index contributed by atoms with van der Waals surface area (Å²) in [6, 6.07) is 11.4. The SMILES string of the molecule is Cc1ncn(-c2cc(N3CCN(C(=O)[C@H](C)Oc4ccccc4)CC3)ncn2)c1C. The molecule has 1 atom stereocenters. The van der Waals surface area contributed by atoms with Crippen LogP contribution in [0.1, 0.15) is 18.3 Å². The van der Waals surface area contributed by atoms with Crippen molar-refractivity contribution >= 4 is 11.7 Å². The fraction of sp³-hybridized carbons (Fsp3) is 0.364. The summed E-state index contributed by atoms with van der Waals surface area (Å²) in [6.45, 7) is 8.48. The van der Waals surface area contributed by atoms with Gasteiger partial charge in [-0.2, -0.15) is 0 Å². The van der Waals surface area contributed by atoms with Gasteiger partial charge >= 0.3 is 0 Å². The van der Waals surface area contributed by atoms with Crippen LogP contribution in [-0.4, -0.2) is 62.6 Å². The lowest BCUT2D eigenvalue weighted by molar-refractivity contribution is -0.138. The smallest absolute Gasteiger partial charge is 0.263 e. The summed E-state index contributed by atoms with van der Waals surface area (Å²) in [7, 11) is 0. The monoisotopic (exact) mass is 406 g/mol. The standard InChI is InChI=1S/C22H26N6O2/c1-16-17(2)28(15-25-16)21-13-20(23-14-24-21)26-9-11-27(12-10-26)22(29)18(3)30-19-7-5-4-6-8-19/h4-8,13-15,18H,9-12H2,1-3H3/t18-/m0/s1. The third-order valence-corrected chi connectivity index (χ3v) is 5.46. The molecular formula is C22H26N6O2. The molecule has 1 saturated heterocycles. The van der Waals surface area contributed by atoms with E-state index >= 15 is 0 Å². The Hall–Kier alpha value is -3.42. The molecule has 1 aliphatic heterocycles. The van der Waals surface area contributed by atoms with E-state index in [1.807, 2.05) is 59.7 Å². The van der Waals surface area contributed by atoms with Gasteiger partial charge in [0, 0.05) is 37.9 Å². The number of rotatable bonds is 5. The first kappa shape index (κ1) is 19.9. The first-order valence-corrected chi connectivity index (χ1v) is 10.1. The largest absolute Gasteiger partial charge is 0.481 e. The zero-order chi connectivity index (χ0) is 21.1. The van der Waals surface area contributed by atoms with E-state index in [0.29, 0.717) is 31.9 Å². The molecule has 0 aliphatic carbocycles. The number of amides is 1. The van der Waals surface area contributed by atoms with Crippen molar-refractivity contribution in [2.24, 2.45) is 0 Å². The number of para-hydroxylation sites is 1. The Morgan fingerprint density at radius 2 is 1.70 bits per heavy atom. The van der Waals surface area contributed by atoms with Crippen LogP contribution >= 0.6 is 0 Å². The lowest BCUT2D eigenvalue weighted by Gasteiger charge is -2.36. The Morgan fingerprint density at radius 1 is 1.00 bits per heavy atom. The van der Waals surface area contributed by atoms with Gasteiger partial charge in [0.2, 0.25) is 0 Å². The number of benzene rings is 1. The molecule has 0 radical (unpaired) electrons. The molecule has 0 saturated carbocycles. The van der Waals surface area contributed by atoms with E-state index in [0.717, 1.165) is 23.0 Å². The number of carbonyl (C=O) groups excluding carboxylic acids is 1. The van der Waals surface area contributed by atoms with Gasteiger partial charge in [-0.3, -0.25) is 9.36 Å². The van der Waals surface area contributed by atoms with E-state index in [-0.39, 0.29) is 5.91 Å². The summed E-state index contributed by atoms with van der Waals surface area (Å²) >= 11 is 0. The van der Waals surface area contributed by atoms with Crippen molar-refractivity contribution in [3.8, 4) is 11.6 Å². The second-order valence-corrected chi connectivity index (χ2v) is 7.41. The summed E-state index contributed by atoms with van der Waals surface area (Å²) in [5, 5.41) is 0. The van der Waals surface area contributed by atoms with Crippen LogP contribution in [-0.2, 0) is 4.79 Å². The molecule has 1 amide bonds. The fourth-order valence-corrected chi connectivity index (χ4v) is 3.54. The number of hydrogen-bond acceptors (Lipinski definition) is 6. The quantitative estimate of drug-likeness (QED) is 0.648. The van der Waals surface area contributed by atoms with Crippen molar-refractivity contribution in [2.75, 3.05) is 31.1 Å². The molecule has 3 aromatic rings. The van der Waals surface area contributed by atoms with Gasteiger partial charge in [-0.05, 0) is 32.9 Å². The van der Waals surface area contributed by atoms with Gasteiger partial charge in [0.25, 0.3) is 5.91 Å². The number of piperazine rings is 1. The molecular weight excluding hydrogens is 380 g/mol. The van der Waals surface area contributed by atoms with E-state index in [9.17, 15) is 4.79 Å². The molecule has 8 heteroatoms. The zero-order valence-electron chi connectivity index (χ0n) is 17.5. The molecule has 3 heterocycles. The maximum absolute atomic E-state index is 12.8. The number of carbonyl (C=O) groups is 1. The van der Waals surface area contributed by atoms with Crippen LogP contribution in [0.2, 0.25) is 0 Å². The summed E-state index contributed by atoms with van der Waals surface area (Å²) in [4.78, 5) is 30.0. The molecule has 2 aromatic heterocycles. The Balaban J connectivity index is 1.38. The van der Waals surface area contributed by atoms with Crippen molar-refractivity contribution in [2.45, 2.75) is 26.9 Å². The van der Waals surface area contributed by atoms with Crippen LogP contribution < -0.4 is 9.64 Å². The minimum Gasteiger partial charge on any atom is -0.481 e. The van der Waals surface area contributed by atoms with E-state index in [1.165, 1.54) is 0 Å². The van der Waals surface area contributed by atoms with Gasteiger partial charge in [-0.15, -0.1) is 0 Å². The van der Waals surface area contributed by atoms with Gasteiger partial charge in [0.05, 0.1) is 5.69 Å². The van der Waals surface area contributed by atoms with Crippen molar-refractivity contribution in [3.05, 3.63) is 60.4 Å². The third-order valence-electron chi connectivity index (χ3n) is 5.46. The molecule has 0 spiro atoms. The molecule has 1 fully saturated rings. The summed E-state index contributed by atoms with van der Waals surface area (Å²) < 4.78 is 7.75. The van der Waals surface area contributed by atoms with Crippen LogP contribution in [0.4, 0.5) is 5.82 Å². The Kier molecular flexibility index (Phi) is 5.65. The number of aryl methyl sites for hydroxylation is 1. The van der Waals surface area contributed by atoms with E-state index in [4.69, 9.17) is 4.74 Å². The molecule has 8 nitrogen and oxygen atoms in total. The number of anilines is 1. The van der Waals surface area contributed by atoms with Crippen molar-refractivity contribution < 1.29 is 9.53 Å². The predicted octanol–water partition coefficient (Wildman–Crippen LogP) is 2.40. The van der Waals surface area contributed by atoms with Gasteiger partial charge in [-0.25, -0.2) is 15.0 Å². The molecule has 0 N–H and O–H groups in total. The second-order valence-electron chi connectivity index (χ2n) is 7.41. The van der Waals surface area contributed by atoms with E-state index in [1.54, 1.807) is 19.6 Å². The van der Waals surface area contributed by atoms with Crippen LogP contribution in [0.3, 0.4) is 0 Å². The highest BCUT2D eigenvalue weighted by molar-refractivity contribution is 5.81. The average molecular weight is 406 g/mol. The maximum atomic E-state index is 12.8. The van der Waals surface area contributed by atoms with Gasteiger partial charge in [0.1, 0.15) is 30.0 Å². The van der Waals surface area contributed by atoms with Crippen molar-refractivity contribution in [3.63, 3.8) is 0 Å². The van der Waals surface area contributed by atoms with Crippen LogP contribution in [0.25, 0.3) is 5.82 Å². The molecule has 4 rings (SSSR count). The molecule has 1 aliphatic rings. The number of ether oxygens (including phenoxy) is 1. The van der Waals surface area contributed by atoms with Crippen molar-refractivity contribution in [1.29, 1.82) is 0 Å². The van der Waals surface area contributed by atoms with E-state index < -0.39 is 6.10 Å². The predicted molar refractivity (Wildman–Crippen MR) is 114 cm³/mol. The Labute approximate surface area is 176 Å². The van der Waals surface area contributed by atoms with Crippen molar-refractivity contribution in [1.82, 2.24) is 24.4 Å². The highest BCUT2D eigenvalue weighted by Crippen LogP contribution is 2.19. The zero-order valence-corrected chi connectivity index (χ0v) is 17.5. The van der Waals surface area contributed by atoms with Crippen LogP contribution in [0.15, 0.2) is 49.1 Å². The highest BCUT2D eigenvalue weighted by atomic mass is 16.5. The molecule has 0 bridgehead atoms. The first-order valence-electron chi connectivity index (χ1n) is 10.1. The second kappa shape index (κ2) is 8.52. The number of hydrogen-bond donors (Lipinski definition) is 0. The minimum absolute atomic E-state index is 0.00592. The summed E-state index contributed by atoms with van der Waals surface area (Å²) in [6.07, 6.45) is 2.84. The van der Waals surface area contributed by atoms with Crippen LogP contribution in [0, 0.1) is 13.8 Å². The van der Waals surface area contributed by atoms with Gasteiger partial charge in [-0.1, -0.05) is 18.2 Å². The fourth-order valence-electron chi connectivity index (χ4n) is 3.54. The highest BCUT2D eigenvalue weighted by Gasteiger charge is 2.26. The Bertz CT molecular complexity index is 1010. The molecule has 0 unspecified atom stereocenters. The number of imidazole rings is 1. The van der Waals surface area contributed by atoms with Gasteiger partial charge < -0.3 is 14.5 Å². The van der Waals surface area contributed by atoms with Crippen LogP contribution in [0.5, 0.6) is 5.75 Å². The Morgan fingerprint density at radius 3 is 2.37 bits per heavy atom. The summed E-state index contributed by atoms with van der Waals surface area (Å²) in [5.74, 6) is 2.36. The summed E-state index contributed by atoms with van der Waals surface area (Å²) in [5.41, 5.74) is 2.04. The van der Waals surface area contributed by atoms with E-state index in [2.05, 4.69) is 19.9 Å². The molecule has 156 valence electrons. The maximum Gasteiger partial charge on any atom is 0.263 e. The normalized spacial score (nSPS) is 15.2. The number of aromatic nitrogens is 4. The minimum atomic E-state index is -0.517. The molecule has 1 aromatic carbocycles. The first-order chi connectivity index (χ1) is 14.5. The van der Waals surface area contributed by atoms with Gasteiger partial charge in [0.15, 0.2) is 6.10 Å². The molecule has 30 heavy (non-hydrogen) atoms. The topological polar surface area (TPSA) is 76.4 Å².